The summed E-state index contributed by atoms with van der Waals surface area (Å²) in [5, 5.41) is 8.65. The van der Waals surface area contributed by atoms with E-state index in [-0.39, 0.29) is 30.3 Å². The number of rotatable bonds is 5. The smallest absolute Gasteiger partial charge is 0.399 e. The van der Waals surface area contributed by atoms with Gasteiger partial charge in [-0.1, -0.05) is 13.8 Å². The van der Waals surface area contributed by atoms with Gasteiger partial charge in [0.2, 0.25) is 0 Å². The van der Waals surface area contributed by atoms with Gasteiger partial charge >= 0.3 is 6.18 Å². The highest BCUT2D eigenvalue weighted by Gasteiger charge is 2.35. The Morgan fingerprint density at radius 1 is 1.35 bits per heavy atom. The summed E-state index contributed by atoms with van der Waals surface area (Å²) in [5.74, 6) is 0.187. The van der Waals surface area contributed by atoms with Crippen molar-refractivity contribution in [2.45, 2.75) is 26.4 Å². The van der Waals surface area contributed by atoms with Crippen molar-refractivity contribution in [3.63, 3.8) is 0 Å². The number of nitriles is 1. The van der Waals surface area contributed by atoms with Crippen molar-refractivity contribution in [2.75, 3.05) is 23.7 Å². The molecule has 0 atom stereocenters. The first-order valence-electron chi connectivity index (χ1n) is 6.34. The van der Waals surface area contributed by atoms with Crippen LogP contribution in [0.4, 0.5) is 24.5 Å². The zero-order valence-electron chi connectivity index (χ0n) is 11.5. The summed E-state index contributed by atoms with van der Waals surface area (Å²) in [6.45, 7) is 4.56. The van der Waals surface area contributed by atoms with Crippen LogP contribution in [0.5, 0.6) is 0 Å². The van der Waals surface area contributed by atoms with Crippen LogP contribution in [-0.4, -0.2) is 13.1 Å². The maximum atomic E-state index is 13.1. The quantitative estimate of drug-likeness (QED) is 0.840. The third kappa shape index (κ3) is 4.34. The van der Waals surface area contributed by atoms with Crippen molar-refractivity contribution < 1.29 is 13.2 Å². The van der Waals surface area contributed by atoms with Crippen LogP contribution in [0.1, 0.15) is 25.8 Å². The molecule has 20 heavy (non-hydrogen) atoms. The Morgan fingerprint density at radius 3 is 2.50 bits per heavy atom. The number of hydrogen-bond acceptors (Lipinski definition) is 3. The summed E-state index contributed by atoms with van der Waals surface area (Å²) in [5.41, 5.74) is 4.86. The lowest BCUT2D eigenvalue weighted by atomic mass is 10.1. The van der Waals surface area contributed by atoms with Crippen LogP contribution >= 0.6 is 0 Å². The first-order chi connectivity index (χ1) is 9.25. The molecule has 6 heteroatoms. The summed E-state index contributed by atoms with van der Waals surface area (Å²) in [6.07, 6.45) is -4.29. The summed E-state index contributed by atoms with van der Waals surface area (Å²) < 4.78 is 39.3. The lowest BCUT2D eigenvalue weighted by molar-refractivity contribution is -0.137. The van der Waals surface area contributed by atoms with Crippen LogP contribution in [0, 0.1) is 17.2 Å². The fourth-order valence-electron chi connectivity index (χ4n) is 1.99. The molecule has 0 radical (unpaired) electrons. The van der Waals surface area contributed by atoms with E-state index in [0.29, 0.717) is 6.54 Å². The predicted octanol–water partition coefficient (Wildman–Crippen LogP) is 3.66. The Morgan fingerprint density at radius 2 is 2.00 bits per heavy atom. The van der Waals surface area contributed by atoms with Crippen molar-refractivity contribution in [3.05, 3.63) is 23.8 Å². The van der Waals surface area contributed by atoms with Gasteiger partial charge in [-0.3, -0.25) is 0 Å². The molecule has 0 aliphatic rings. The Balaban J connectivity index is 3.21. The van der Waals surface area contributed by atoms with Crippen molar-refractivity contribution in [1.29, 1.82) is 5.26 Å². The van der Waals surface area contributed by atoms with Crippen molar-refractivity contribution in [2.24, 2.45) is 5.92 Å². The molecule has 0 saturated heterocycles. The van der Waals surface area contributed by atoms with Gasteiger partial charge in [-0.2, -0.15) is 18.4 Å². The SMILES string of the molecule is CC(C)CN(CCC#N)c1ccc(N)cc1C(F)(F)F. The minimum absolute atomic E-state index is 0.0749. The standard InChI is InChI=1S/C14H18F3N3/c1-10(2)9-20(7-3-6-18)13-5-4-11(19)8-12(13)14(15,16)17/h4-5,8,10H,3,7,9,19H2,1-2H3. The minimum atomic E-state index is -4.47. The number of nitrogens with zero attached hydrogens (tertiary/aromatic N) is 2. The molecule has 0 fully saturated rings. The monoisotopic (exact) mass is 285 g/mol. The number of benzene rings is 1. The van der Waals surface area contributed by atoms with E-state index < -0.39 is 11.7 Å². The third-order valence-corrected chi connectivity index (χ3v) is 2.75. The average molecular weight is 285 g/mol. The van der Waals surface area contributed by atoms with Crippen molar-refractivity contribution in [3.8, 4) is 6.07 Å². The Hall–Kier alpha value is -1.90. The molecule has 110 valence electrons. The number of anilines is 2. The van der Waals surface area contributed by atoms with E-state index in [1.807, 2.05) is 19.9 Å². The molecule has 1 rings (SSSR count). The molecule has 0 aliphatic carbocycles. The summed E-state index contributed by atoms with van der Waals surface area (Å²) in [7, 11) is 0. The first-order valence-corrected chi connectivity index (χ1v) is 6.34. The molecule has 0 unspecified atom stereocenters. The molecule has 1 aromatic rings. The van der Waals surface area contributed by atoms with Gasteiger partial charge in [-0.25, -0.2) is 0 Å². The average Bonchev–Trinajstić information content (AvgIpc) is 2.33. The second-order valence-electron chi connectivity index (χ2n) is 5.02. The fourth-order valence-corrected chi connectivity index (χ4v) is 1.99. The molecule has 3 nitrogen and oxygen atoms in total. The Labute approximate surface area is 116 Å². The van der Waals surface area contributed by atoms with Crippen LogP contribution in [0.3, 0.4) is 0 Å². The topological polar surface area (TPSA) is 53.0 Å². The van der Waals surface area contributed by atoms with Gasteiger partial charge in [0.25, 0.3) is 0 Å². The lowest BCUT2D eigenvalue weighted by Crippen LogP contribution is -2.30. The maximum absolute atomic E-state index is 13.1. The summed E-state index contributed by atoms with van der Waals surface area (Å²) in [4.78, 5) is 1.59. The van der Waals surface area contributed by atoms with Gasteiger partial charge in [-0.15, -0.1) is 0 Å². The summed E-state index contributed by atoms with van der Waals surface area (Å²) in [6, 6.07) is 5.72. The van der Waals surface area contributed by atoms with E-state index in [1.54, 1.807) is 4.90 Å². The van der Waals surface area contributed by atoms with Gasteiger partial charge in [0.15, 0.2) is 0 Å². The molecule has 0 spiro atoms. The van der Waals surface area contributed by atoms with E-state index in [0.717, 1.165) is 6.07 Å². The molecular formula is C14H18F3N3. The van der Waals surface area contributed by atoms with Gasteiger partial charge in [0, 0.05) is 24.5 Å². The molecule has 0 saturated carbocycles. The number of nitrogen functional groups attached to an aromatic ring is 1. The lowest BCUT2D eigenvalue weighted by Gasteiger charge is -2.28. The molecule has 0 amide bonds. The first kappa shape index (κ1) is 16.2. The van der Waals surface area contributed by atoms with Crippen LogP contribution < -0.4 is 10.6 Å². The third-order valence-electron chi connectivity index (χ3n) is 2.75. The van der Waals surface area contributed by atoms with Gasteiger partial charge < -0.3 is 10.6 Å². The Bertz CT molecular complexity index is 489. The van der Waals surface area contributed by atoms with Crippen LogP contribution in [0.25, 0.3) is 0 Å². The molecular weight excluding hydrogens is 267 g/mol. The highest BCUT2D eigenvalue weighted by Crippen LogP contribution is 2.38. The molecule has 0 aromatic heterocycles. The van der Waals surface area contributed by atoms with E-state index >= 15 is 0 Å². The number of alkyl halides is 3. The zero-order chi connectivity index (χ0) is 15.3. The van der Waals surface area contributed by atoms with Crippen molar-refractivity contribution in [1.82, 2.24) is 0 Å². The maximum Gasteiger partial charge on any atom is 0.418 e. The molecule has 2 N–H and O–H groups in total. The van der Waals surface area contributed by atoms with Gasteiger partial charge in [0.1, 0.15) is 0 Å². The van der Waals surface area contributed by atoms with E-state index in [2.05, 4.69) is 0 Å². The van der Waals surface area contributed by atoms with Crippen LogP contribution in [0.15, 0.2) is 18.2 Å². The molecule has 0 bridgehead atoms. The second kappa shape index (κ2) is 6.51. The minimum Gasteiger partial charge on any atom is -0.399 e. The second-order valence-corrected chi connectivity index (χ2v) is 5.02. The fraction of sp³-hybridized carbons (Fsp3) is 0.500. The van der Waals surface area contributed by atoms with E-state index in [4.69, 9.17) is 11.0 Å². The molecule has 1 aromatic carbocycles. The number of halogens is 3. The highest BCUT2D eigenvalue weighted by atomic mass is 19.4. The molecule has 0 heterocycles. The predicted molar refractivity (Wildman–Crippen MR) is 73.1 cm³/mol. The highest BCUT2D eigenvalue weighted by molar-refractivity contribution is 5.61. The van der Waals surface area contributed by atoms with Gasteiger partial charge in [0.05, 0.1) is 18.1 Å². The number of hydrogen-bond donors (Lipinski definition) is 1. The van der Waals surface area contributed by atoms with Gasteiger partial charge in [-0.05, 0) is 24.1 Å². The normalized spacial score (nSPS) is 11.4. The van der Waals surface area contributed by atoms with E-state index in [9.17, 15) is 13.2 Å². The zero-order valence-corrected chi connectivity index (χ0v) is 11.5. The number of nitrogens with two attached hydrogens (primary N) is 1. The largest absolute Gasteiger partial charge is 0.418 e. The van der Waals surface area contributed by atoms with Crippen LogP contribution in [-0.2, 0) is 6.18 Å². The molecule has 0 aliphatic heterocycles. The van der Waals surface area contributed by atoms with Crippen LogP contribution in [0.2, 0.25) is 0 Å². The summed E-state index contributed by atoms with van der Waals surface area (Å²) >= 11 is 0. The van der Waals surface area contributed by atoms with Crippen molar-refractivity contribution >= 4 is 11.4 Å². The Kier molecular flexibility index (Phi) is 5.26. The van der Waals surface area contributed by atoms with E-state index in [1.165, 1.54) is 12.1 Å².